The van der Waals surface area contributed by atoms with Crippen molar-refractivity contribution in [2.45, 2.75) is 138 Å². The van der Waals surface area contributed by atoms with Gasteiger partial charge in [-0.25, -0.2) is 0 Å². The Kier molecular flexibility index (Phi) is 7.55. The van der Waals surface area contributed by atoms with E-state index in [1.807, 2.05) is 0 Å². The third-order valence-electron chi connectivity index (χ3n) is 12.4. The van der Waals surface area contributed by atoms with Crippen LogP contribution in [-0.4, -0.2) is 0 Å². The highest BCUT2D eigenvalue weighted by molar-refractivity contribution is 5.15. The molecule has 0 bridgehead atoms. The molecule has 176 valence electrons. The number of rotatable bonds is 7. The average molecular weight is 409 g/mol. The summed E-state index contributed by atoms with van der Waals surface area (Å²) in [5.74, 6) is 0.583. The predicted molar refractivity (Wildman–Crippen MR) is 135 cm³/mol. The van der Waals surface area contributed by atoms with Gasteiger partial charge >= 0.3 is 0 Å². The minimum atomic E-state index is 0.111. The fourth-order valence-electron chi connectivity index (χ4n) is 6.10. The van der Waals surface area contributed by atoms with Gasteiger partial charge < -0.3 is 0 Å². The first kappa shape index (κ1) is 29.0. The van der Waals surface area contributed by atoms with Crippen LogP contribution in [0, 0.1) is 49.2 Å². The zero-order chi connectivity index (χ0) is 24.3. The fourth-order valence-corrected chi connectivity index (χ4v) is 6.10. The molecule has 0 heteroatoms. The molecule has 29 heavy (non-hydrogen) atoms. The van der Waals surface area contributed by atoms with Crippen molar-refractivity contribution in [2.24, 2.45) is 49.2 Å². The van der Waals surface area contributed by atoms with E-state index in [0.29, 0.717) is 5.92 Å². The predicted octanol–water partition coefficient (Wildman–Crippen LogP) is 10.3. The molecule has 0 aliphatic heterocycles. The maximum absolute atomic E-state index is 2.64. The molecular weight excluding hydrogens is 348 g/mol. The molecule has 0 saturated heterocycles. The van der Waals surface area contributed by atoms with Gasteiger partial charge in [-0.2, -0.15) is 0 Å². The normalized spacial score (nSPS) is 19.1. The van der Waals surface area contributed by atoms with Crippen molar-refractivity contribution in [1.82, 2.24) is 0 Å². The van der Waals surface area contributed by atoms with Gasteiger partial charge in [-0.1, -0.05) is 138 Å². The van der Waals surface area contributed by atoms with Gasteiger partial charge in [0.1, 0.15) is 0 Å². The second-order valence-electron chi connectivity index (χ2n) is 15.3. The van der Waals surface area contributed by atoms with Crippen molar-refractivity contribution in [3.05, 3.63) is 0 Å². The molecule has 0 heterocycles. The van der Waals surface area contributed by atoms with Crippen LogP contribution in [-0.2, 0) is 0 Å². The second kappa shape index (κ2) is 7.55. The molecule has 0 rings (SSSR count). The smallest absolute Gasteiger partial charge is 0.0182 e. The lowest BCUT2D eigenvalue weighted by atomic mass is 9.33. The summed E-state index contributed by atoms with van der Waals surface area (Å²) in [6.45, 7) is 47.6. The summed E-state index contributed by atoms with van der Waals surface area (Å²) in [7, 11) is 0. The van der Waals surface area contributed by atoms with Gasteiger partial charge in [-0.05, 0) is 49.2 Å². The summed E-state index contributed by atoms with van der Waals surface area (Å²) in [4.78, 5) is 0. The Morgan fingerprint density at radius 1 is 0.448 bits per heavy atom. The average Bonchev–Trinajstić information content (AvgIpc) is 2.50. The van der Waals surface area contributed by atoms with Crippen molar-refractivity contribution < 1.29 is 0 Å². The van der Waals surface area contributed by atoms with Crippen molar-refractivity contribution in [3.8, 4) is 0 Å². The van der Waals surface area contributed by atoms with Crippen LogP contribution in [0.1, 0.15) is 138 Å². The Bertz CT molecular complexity index is 554. The van der Waals surface area contributed by atoms with Gasteiger partial charge in [0.2, 0.25) is 0 Å². The molecular formula is C29H60. The van der Waals surface area contributed by atoms with E-state index in [1.165, 1.54) is 6.42 Å². The van der Waals surface area contributed by atoms with E-state index in [1.54, 1.807) is 0 Å². The molecule has 0 aromatic heterocycles. The van der Waals surface area contributed by atoms with E-state index >= 15 is 0 Å². The van der Waals surface area contributed by atoms with Gasteiger partial charge in [-0.3, -0.25) is 0 Å². The monoisotopic (exact) mass is 408 g/mol. The molecule has 0 aromatic rings. The second-order valence-corrected chi connectivity index (χ2v) is 15.3. The molecule has 2 atom stereocenters. The molecule has 0 nitrogen and oxygen atoms in total. The van der Waals surface area contributed by atoms with Crippen LogP contribution in [0.5, 0.6) is 0 Å². The summed E-state index contributed by atoms with van der Waals surface area (Å²) >= 11 is 0. The van der Waals surface area contributed by atoms with Crippen LogP contribution >= 0.6 is 0 Å². The van der Waals surface area contributed by atoms with Crippen molar-refractivity contribution in [3.63, 3.8) is 0 Å². The highest BCUT2D eigenvalue weighted by atomic mass is 14.7. The first-order valence-corrected chi connectivity index (χ1v) is 12.2. The van der Waals surface area contributed by atoms with Crippen LogP contribution in [0.25, 0.3) is 0 Å². The molecule has 0 radical (unpaired) electrons. The Balaban J connectivity index is 7.27. The van der Waals surface area contributed by atoms with Gasteiger partial charge in [0, 0.05) is 0 Å². The SMILES string of the molecule is CCC(C)(C)C(C)C(C)(C(C)(C)C(C)(C)C)C(C)(C)C(C)(C)C(C)(C)C(C)(C)C. The molecule has 0 N–H and O–H groups in total. The van der Waals surface area contributed by atoms with Gasteiger partial charge in [0.15, 0.2) is 0 Å². The lowest BCUT2D eigenvalue weighted by Crippen LogP contribution is -2.65. The Morgan fingerprint density at radius 3 is 1.00 bits per heavy atom. The number of hydrogen-bond donors (Lipinski definition) is 0. The van der Waals surface area contributed by atoms with E-state index in [9.17, 15) is 0 Å². The fraction of sp³-hybridized carbons (Fsp3) is 1.00. The highest BCUT2D eigenvalue weighted by Gasteiger charge is 2.67. The Morgan fingerprint density at radius 2 is 0.759 bits per heavy atom. The maximum Gasteiger partial charge on any atom is -0.0182 e. The van der Waals surface area contributed by atoms with Crippen LogP contribution in [0.4, 0.5) is 0 Å². The van der Waals surface area contributed by atoms with Gasteiger partial charge in [0.25, 0.3) is 0 Å². The minimum Gasteiger partial charge on any atom is -0.0649 e. The van der Waals surface area contributed by atoms with E-state index in [0.717, 1.165) is 0 Å². The first-order valence-electron chi connectivity index (χ1n) is 12.2. The molecule has 0 aliphatic rings. The van der Waals surface area contributed by atoms with E-state index < -0.39 is 0 Å². The first-order chi connectivity index (χ1) is 12.2. The van der Waals surface area contributed by atoms with Crippen molar-refractivity contribution in [1.29, 1.82) is 0 Å². The van der Waals surface area contributed by atoms with Crippen molar-refractivity contribution in [2.75, 3.05) is 0 Å². The Hall–Kier alpha value is 0. The molecule has 0 saturated carbocycles. The molecule has 0 amide bonds. The molecule has 2 unspecified atom stereocenters. The number of hydrogen-bond acceptors (Lipinski definition) is 0. The van der Waals surface area contributed by atoms with Crippen LogP contribution < -0.4 is 0 Å². The summed E-state index contributed by atoms with van der Waals surface area (Å²) in [5, 5.41) is 0. The van der Waals surface area contributed by atoms with Crippen LogP contribution in [0.3, 0.4) is 0 Å². The summed E-state index contributed by atoms with van der Waals surface area (Å²) < 4.78 is 0. The third-order valence-corrected chi connectivity index (χ3v) is 12.4. The quantitative estimate of drug-likeness (QED) is 0.393. The highest BCUT2D eigenvalue weighted by Crippen LogP contribution is 2.73. The van der Waals surface area contributed by atoms with Crippen LogP contribution in [0.2, 0.25) is 0 Å². The zero-order valence-electron chi connectivity index (χ0n) is 24.3. The van der Waals surface area contributed by atoms with Crippen molar-refractivity contribution >= 4 is 0 Å². The van der Waals surface area contributed by atoms with E-state index in [4.69, 9.17) is 0 Å². The van der Waals surface area contributed by atoms with Crippen LogP contribution in [0.15, 0.2) is 0 Å². The lowest BCUT2D eigenvalue weighted by Gasteiger charge is -2.71. The Labute approximate surface area is 187 Å². The van der Waals surface area contributed by atoms with E-state index in [-0.39, 0.29) is 43.3 Å². The standard InChI is InChI=1S/C29H60/c1-20-24(9,10)21(2)29(19,26(13,14)23(6,7)8)28(17,18)27(15,16)25(11,12)22(3,4)5/h21H,20H2,1-19H3. The minimum absolute atomic E-state index is 0.111. The summed E-state index contributed by atoms with van der Waals surface area (Å²) in [6.07, 6.45) is 1.21. The maximum atomic E-state index is 2.64. The molecule has 0 aliphatic carbocycles. The topological polar surface area (TPSA) is 0 Å². The lowest BCUT2D eigenvalue weighted by molar-refractivity contribution is -0.233. The third kappa shape index (κ3) is 3.98. The summed E-state index contributed by atoms with van der Waals surface area (Å²) in [6, 6.07) is 0. The summed E-state index contributed by atoms with van der Waals surface area (Å²) in [5.41, 5.74) is 1.42. The molecule has 0 aromatic carbocycles. The largest absolute Gasteiger partial charge is 0.0649 e. The van der Waals surface area contributed by atoms with E-state index in [2.05, 4.69) is 132 Å². The van der Waals surface area contributed by atoms with Gasteiger partial charge in [-0.15, -0.1) is 0 Å². The zero-order valence-corrected chi connectivity index (χ0v) is 24.3. The molecule has 0 fully saturated rings. The van der Waals surface area contributed by atoms with Gasteiger partial charge in [0.05, 0.1) is 0 Å². The molecule has 0 spiro atoms.